The van der Waals surface area contributed by atoms with E-state index in [2.05, 4.69) is 35.5 Å². The van der Waals surface area contributed by atoms with Crippen molar-refractivity contribution in [1.29, 1.82) is 0 Å². The number of esters is 2. The van der Waals surface area contributed by atoms with Gasteiger partial charge in [0.05, 0.1) is 39.3 Å². The maximum absolute atomic E-state index is 10.5. The molecule has 0 radical (unpaired) electrons. The molecule has 0 fully saturated rings. The van der Waals surface area contributed by atoms with Crippen LogP contribution in [0, 0.1) is 6.92 Å². The van der Waals surface area contributed by atoms with Gasteiger partial charge >= 0.3 is 17.9 Å². The van der Waals surface area contributed by atoms with Crippen molar-refractivity contribution >= 4 is 17.9 Å². The number of carbonyl (C=O) groups is 3. The van der Waals surface area contributed by atoms with Crippen LogP contribution in [-0.2, 0) is 23.9 Å². The zero-order valence-corrected chi connectivity index (χ0v) is 17.9. The molecule has 8 nitrogen and oxygen atoms in total. The molecule has 0 amide bonds. The van der Waals surface area contributed by atoms with E-state index in [1.807, 2.05) is 18.2 Å². The van der Waals surface area contributed by atoms with E-state index in [0.717, 1.165) is 12.8 Å². The lowest BCUT2D eigenvalue weighted by Gasteiger charge is -1.97. The van der Waals surface area contributed by atoms with E-state index in [1.165, 1.54) is 12.5 Å². The van der Waals surface area contributed by atoms with Gasteiger partial charge in [0.2, 0.25) is 0 Å². The fraction of sp³-hybridized carbons (Fsp3) is 0.571. The number of carboxylic acid groups (broad SMARTS) is 1. The van der Waals surface area contributed by atoms with Gasteiger partial charge in [-0.1, -0.05) is 49.2 Å². The smallest absolute Gasteiger partial charge is 0.306 e. The van der Waals surface area contributed by atoms with Gasteiger partial charge in [-0.2, -0.15) is 0 Å². The van der Waals surface area contributed by atoms with Crippen LogP contribution in [0.1, 0.15) is 52.0 Å². The van der Waals surface area contributed by atoms with Crippen LogP contribution in [-0.4, -0.2) is 59.7 Å². The quantitative estimate of drug-likeness (QED) is 0.435. The molecule has 1 rings (SSSR count). The van der Waals surface area contributed by atoms with Crippen molar-refractivity contribution in [3.8, 4) is 0 Å². The van der Waals surface area contributed by atoms with E-state index >= 15 is 0 Å². The van der Waals surface area contributed by atoms with Gasteiger partial charge in [-0.05, 0) is 20.3 Å². The molecule has 29 heavy (non-hydrogen) atoms. The molecule has 0 aliphatic carbocycles. The van der Waals surface area contributed by atoms with Crippen molar-refractivity contribution in [3.05, 3.63) is 35.9 Å². The molecule has 0 unspecified atom stereocenters. The summed E-state index contributed by atoms with van der Waals surface area (Å²) >= 11 is 0. The molecule has 168 valence electrons. The first-order valence-corrected chi connectivity index (χ1v) is 9.49. The van der Waals surface area contributed by atoms with Crippen LogP contribution in [0.25, 0.3) is 0 Å². The third kappa shape index (κ3) is 37.1. The molecule has 1 aromatic rings. The zero-order valence-electron chi connectivity index (χ0n) is 17.9. The van der Waals surface area contributed by atoms with Crippen LogP contribution in [0.2, 0.25) is 0 Å². The lowest BCUT2D eigenvalue weighted by Crippen LogP contribution is -2.06. The standard InChI is InChI=1S/C7H8.C6H10O4.C6H12O2.C2H6O2/c1-7-5-3-2-4-6-7;1-2-10-6(9)4-3-5(7)8;1-3-4-5-8-6(2)7;3-1-2-4/h2-6H,1H3;2-4H2,1H3,(H,7,8);3-5H2,1-2H3;3-4H,1-2H2. The van der Waals surface area contributed by atoms with Crippen LogP contribution in [0.3, 0.4) is 0 Å². The van der Waals surface area contributed by atoms with Gasteiger partial charge in [0.1, 0.15) is 0 Å². The van der Waals surface area contributed by atoms with Gasteiger partial charge in [0, 0.05) is 6.92 Å². The number of rotatable bonds is 8. The summed E-state index contributed by atoms with van der Waals surface area (Å²) in [7, 11) is 0. The van der Waals surface area contributed by atoms with Crippen LogP contribution in [0.5, 0.6) is 0 Å². The SMILES string of the molecule is CCCCOC(C)=O.CCOC(=O)CCC(=O)O.Cc1ccccc1.OCCO. The van der Waals surface area contributed by atoms with Gasteiger partial charge in [0.15, 0.2) is 0 Å². The second-order valence-electron chi connectivity index (χ2n) is 5.49. The normalized spacial score (nSPS) is 8.62. The predicted molar refractivity (Wildman–Crippen MR) is 110 cm³/mol. The Morgan fingerprint density at radius 2 is 1.48 bits per heavy atom. The number of unbranched alkanes of at least 4 members (excludes halogenated alkanes) is 1. The summed E-state index contributed by atoms with van der Waals surface area (Å²) in [4.78, 5) is 30.5. The summed E-state index contributed by atoms with van der Waals surface area (Å²) in [6.07, 6.45) is 1.86. The van der Waals surface area contributed by atoms with Gasteiger partial charge in [0.25, 0.3) is 0 Å². The topological polar surface area (TPSA) is 130 Å². The number of aliphatic carboxylic acids is 1. The molecule has 0 atom stereocenters. The first kappa shape index (κ1) is 31.3. The summed E-state index contributed by atoms with van der Waals surface area (Å²) in [5.41, 5.74) is 1.32. The number of aryl methyl sites for hydroxylation is 1. The highest BCUT2D eigenvalue weighted by Crippen LogP contribution is 1.92. The summed E-state index contributed by atoms with van der Waals surface area (Å²) < 4.78 is 9.13. The summed E-state index contributed by atoms with van der Waals surface area (Å²) in [5.74, 6) is -1.61. The molecular weight excluding hydrogens is 380 g/mol. The monoisotopic (exact) mass is 416 g/mol. The van der Waals surface area contributed by atoms with E-state index in [4.69, 9.17) is 15.3 Å². The fourth-order valence-electron chi connectivity index (χ4n) is 1.34. The van der Waals surface area contributed by atoms with E-state index in [1.54, 1.807) is 6.92 Å². The van der Waals surface area contributed by atoms with Gasteiger partial charge in [-0.3, -0.25) is 14.4 Å². The van der Waals surface area contributed by atoms with Crippen molar-refractivity contribution < 1.29 is 39.2 Å². The van der Waals surface area contributed by atoms with Crippen molar-refractivity contribution in [3.63, 3.8) is 0 Å². The predicted octanol–water partition coefficient (Wildman–Crippen LogP) is 2.73. The summed E-state index contributed by atoms with van der Waals surface area (Å²) in [6.45, 7) is 7.88. The molecule has 8 heteroatoms. The van der Waals surface area contributed by atoms with Crippen LogP contribution in [0.4, 0.5) is 0 Å². The van der Waals surface area contributed by atoms with E-state index in [-0.39, 0.29) is 32.0 Å². The number of hydrogen-bond donors (Lipinski definition) is 3. The maximum atomic E-state index is 10.5. The molecule has 1 aromatic carbocycles. The molecule has 0 saturated carbocycles. The highest BCUT2D eigenvalue weighted by Gasteiger charge is 2.04. The Balaban J connectivity index is -0.000000324. The minimum atomic E-state index is -0.979. The second-order valence-corrected chi connectivity index (χ2v) is 5.49. The molecule has 0 bridgehead atoms. The summed E-state index contributed by atoms with van der Waals surface area (Å²) in [6, 6.07) is 10.3. The number of hydrogen-bond acceptors (Lipinski definition) is 7. The third-order valence-corrected chi connectivity index (χ3v) is 2.69. The van der Waals surface area contributed by atoms with Crippen molar-refractivity contribution in [2.75, 3.05) is 26.4 Å². The average molecular weight is 417 g/mol. The largest absolute Gasteiger partial charge is 0.481 e. The first-order chi connectivity index (χ1) is 13.7. The second kappa shape index (κ2) is 25.6. The Labute approximate surface area is 173 Å². The van der Waals surface area contributed by atoms with Crippen LogP contribution >= 0.6 is 0 Å². The number of carboxylic acids is 1. The Hall–Kier alpha value is -2.45. The van der Waals surface area contributed by atoms with Crippen molar-refractivity contribution in [1.82, 2.24) is 0 Å². The molecule has 0 aliphatic heterocycles. The molecule has 3 N–H and O–H groups in total. The Kier molecular flexibility index (Phi) is 27.5. The summed E-state index contributed by atoms with van der Waals surface area (Å²) in [5, 5.41) is 23.4. The van der Waals surface area contributed by atoms with E-state index in [9.17, 15) is 14.4 Å². The number of aliphatic hydroxyl groups is 2. The molecule has 0 saturated heterocycles. The molecule has 0 aromatic heterocycles. The molecule has 0 spiro atoms. The van der Waals surface area contributed by atoms with Crippen LogP contribution < -0.4 is 0 Å². The Morgan fingerprint density at radius 3 is 1.79 bits per heavy atom. The van der Waals surface area contributed by atoms with Gasteiger partial charge in [-0.25, -0.2) is 0 Å². The Morgan fingerprint density at radius 1 is 0.931 bits per heavy atom. The van der Waals surface area contributed by atoms with E-state index in [0.29, 0.717) is 13.2 Å². The number of ether oxygens (including phenoxy) is 2. The van der Waals surface area contributed by atoms with Crippen molar-refractivity contribution in [2.45, 2.75) is 53.4 Å². The Bertz CT molecular complexity index is 501. The molecular formula is C21H36O8. The number of carbonyl (C=O) groups excluding carboxylic acids is 2. The lowest BCUT2D eigenvalue weighted by molar-refractivity contribution is -0.147. The zero-order chi connectivity index (χ0) is 22.9. The highest BCUT2D eigenvalue weighted by atomic mass is 16.5. The van der Waals surface area contributed by atoms with Gasteiger partial charge in [-0.15, -0.1) is 0 Å². The number of aliphatic hydroxyl groups excluding tert-OH is 2. The average Bonchev–Trinajstić information content (AvgIpc) is 2.68. The minimum Gasteiger partial charge on any atom is -0.481 e. The maximum Gasteiger partial charge on any atom is 0.306 e. The third-order valence-electron chi connectivity index (χ3n) is 2.69. The van der Waals surface area contributed by atoms with Crippen LogP contribution in [0.15, 0.2) is 30.3 Å². The van der Waals surface area contributed by atoms with Crippen molar-refractivity contribution in [2.24, 2.45) is 0 Å². The first-order valence-electron chi connectivity index (χ1n) is 9.49. The minimum absolute atomic E-state index is 0.0385. The van der Waals surface area contributed by atoms with E-state index < -0.39 is 11.9 Å². The fourth-order valence-corrected chi connectivity index (χ4v) is 1.34. The molecule has 0 aliphatic rings. The molecule has 0 heterocycles. The lowest BCUT2D eigenvalue weighted by atomic mass is 10.2. The number of benzene rings is 1. The van der Waals surface area contributed by atoms with Gasteiger partial charge < -0.3 is 24.8 Å². The highest BCUT2D eigenvalue weighted by molar-refractivity contribution is 5.76.